The first-order valence-electron chi connectivity index (χ1n) is 16.5. The smallest absolute Gasteiger partial charge is 0.306 e. The average Bonchev–Trinajstić information content (AvgIpc) is 3.81. The summed E-state index contributed by atoms with van der Waals surface area (Å²) >= 11 is 14.8. The van der Waals surface area contributed by atoms with Crippen molar-refractivity contribution in [2.75, 3.05) is 31.6 Å². The summed E-state index contributed by atoms with van der Waals surface area (Å²) in [6, 6.07) is 11.0. The minimum absolute atomic E-state index is 0.0312. The third kappa shape index (κ3) is 7.97. The van der Waals surface area contributed by atoms with Crippen LogP contribution in [0.3, 0.4) is 0 Å². The second-order valence-corrected chi connectivity index (χ2v) is 14.8. The minimum Gasteiger partial charge on any atom is -0.481 e. The standard InChI is InChI=1S/C35H40Cl2N4O6S/c1-20(42)38-23-10-11-40(16-23)24-14-25(18-47-26-8-6-21(7-9-26)35(45)46)41(17-24)33(43)13-22-12-30(37)31(15-29(22)36)39-34(44)28-19-48-32-5-3-2-4-27(28)32/h2-5,12,15,19,21,23-26H,6-11,13-14,16-18H2,1H3,(H,38,42)(H,39,44)(H,45,46)/t21?,23-,24-,25-,26?/m0/s1. The number of hydrogen-bond donors (Lipinski definition) is 3. The summed E-state index contributed by atoms with van der Waals surface area (Å²) in [6.07, 6.45) is 4.15. The number of hydrogen-bond acceptors (Lipinski definition) is 7. The Hall–Kier alpha value is -3.22. The van der Waals surface area contributed by atoms with Crippen LogP contribution in [0.15, 0.2) is 41.8 Å². The number of ether oxygens (including phenoxy) is 1. The highest BCUT2D eigenvalue weighted by Gasteiger charge is 2.41. The molecule has 2 saturated heterocycles. The van der Waals surface area contributed by atoms with E-state index in [1.165, 1.54) is 18.3 Å². The molecule has 256 valence electrons. The Bertz CT molecular complexity index is 1690. The van der Waals surface area contributed by atoms with Gasteiger partial charge in [0, 0.05) is 59.1 Å². The second-order valence-electron chi connectivity index (χ2n) is 13.1. The lowest BCUT2D eigenvalue weighted by Crippen LogP contribution is -2.42. The van der Waals surface area contributed by atoms with E-state index in [0.717, 1.165) is 36.0 Å². The van der Waals surface area contributed by atoms with Crippen LogP contribution in [-0.4, -0.2) is 89.1 Å². The van der Waals surface area contributed by atoms with Crippen LogP contribution in [0.1, 0.15) is 61.4 Å². The van der Waals surface area contributed by atoms with Crippen LogP contribution >= 0.6 is 34.5 Å². The first-order chi connectivity index (χ1) is 23.0. The maximum absolute atomic E-state index is 13.9. The molecule has 2 aromatic carbocycles. The van der Waals surface area contributed by atoms with E-state index in [4.69, 9.17) is 27.9 Å². The molecule has 0 bridgehead atoms. The number of fused-ring (bicyclic) bond motifs is 1. The van der Waals surface area contributed by atoms with Crippen molar-refractivity contribution in [1.82, 2.24) is 15.1 Å². The molecule has 3 amide bonds. The van der Waals surface area contributed by atoms with Gasteiger partial charge in [0.05, 0.1) is 47.4 Å². The van der Waals surface area contributed by atoms with Crippen molar-refractivity contribution in [3.63, 3.8) is 0 Å². The van der Waals surface area contributed by atoms with Crippen LogP contribution in [0, 0.1) is 5.92 Å². The number of nitrogens with zero attached hydrogens (tertiary/aromatic N) is 2. The normalized spacial score (nSPS) is 24.6. The maximum Gasteiger partial charge on any atom is 0.306 e. The zero-order valence-corrected chi connectivity index (χ0v) is 29.1. The van der Waals surface area contributed by atoms with Gasteiger partial charge >= 0.3 is 5.97 Å². The molecule has 6 rings (SSSR count). The number of amides is 3. The van der Waals surface area contributed by atoms with Gasteiger partial charge in [-0.05, 0) is 62.3 Å². The van der Waals surface area contributed by atoms with Gasteiger partial charge in [0.1, 0.15) is 0 Å². The molecule has 1 aromatic heterocycles. The summed E-state index contributed by atoms with van der Waals surface area (Å²) in [4.78, 5) is 54.3. The number of carboxylic acids is 1. The molecule has 3 fully saturated rings. The molecule has 3 heterocycles. The van der Waals surface area contributed by atoms with Crippen LogP contribution in [0.2, 0.25) is 10.0 Å². The Balaban J connectivity index is 1.13. The molecule has 2 aliphatic heterocycles. The highest BCUT2D eigenvalue weighted by molar-refractivity contribution is 7.17. The number of nitrogens with one attached hydrogen (secondary N) is 2. The summed E-state index contributed by atoms with van der Waals surface area (Å²) < 4.78 is 7.32. The van der Waals surface area contributed by atoms with E-state index in [2.05, 4.69) is 15.5 Å². The van der Waals surface area contributed by atoms with Gasteiger partial charge in [-0.15, -0.1) is 11.3 Å². The number of anilines is 1. The number of likely N-dealkylation sites (tertiary alicyclic amines) is 2. The van der Waals surface area contributed by atoms with E-state index in [-0.39, 0.29) is 59.3 Å². The van der Waals surface area contributed by atoms with Crippen LogP contribution in [0.5, 0.6) is 0 Å². The predicted molar refractivity (Wildman–Crippen MR) is 187 cm³/mol. The van der Waals surface area contributed by atoms with E-state index >= 15 is 0 Å². The molecule has 0 unspecified atom stereocenters. The largest absolute Gasteiger partial charge is 0.481 e. The zero-order chi connectivity index (χ0) is 33.9. The van der Waals surface area contributed by atoms with Gasteiger partial charge in [0.15, 0.2) is 0 Å². The van der Waals surface area contributed by atoms with Crippen LogP contribution in [0.25, 0.3) is 10.1 Å². The van der Waals surface area contributed by atoms with Crippen molar-refractivity contribution in [3.8, 4) is 0 Å². The van der Waals surface area contributed by atoms with Gasteiger partial charge in [-0.2, -0.15) is 0 Å². The van der Waals surface area contributed by atoms with Gasteiger partial charge in [-0.25, -0.2) is 0 Å². The van der Waals surface area contributed by atoms with Crippen LogP contribution in [-0.2, 0) is 25.5 Å². The van der Waals surface area contributed by atoms with Crippen LogP contribution in [0.4, 0.5) is 5.69 Å². The van der Waals surface area contributed by atoms with Gasteiger partial charge < -0.3 is 25.4 Å². The second kappa shape index (κ2) is 15.1. The van der Waals surface area contributed by atoms with E-state index in [9.17, 15) is 24.3 Å². The lowest BCUT2D eigenvalue weighted by molar-refractivity contribution is -0.144. The summed E-state index contributed by atoms with van der Waals surface area (Å²) in [5.74, 6) is -1.51. The number of benzene rings is 2. The number of carbonyl (C=O) groups excluding carboxylic acids is 3. The summed E-state index contributed by atoms with van der Waals surface area (Å²) in [6.45, 7) is 3.98. The molecular weight excluding hydrogens is 675 g/mol. The molecule has 3 aromatic rings. The molecule has 13 heteroatoms. The first-order valence-corrected chi connectivity index (χ1v) is 18.1. The Morgan fingerprint density at radius 1 is 1.02 bits per heavy atom. The van der Waals surface area contributed by atoms with Gasteiger partial charge in [-0.1, -0.05) is 41.4 Å². The van der Waals surface area contributed by atoms with Crippen molar-refractivity contribution >= 4 is 74.0 Å². The molecule has 0 spiro atoms. The zero-order valence-electron chi connectivity index (χ0n) is 26.8. The Morgan fingerprint density at radius 2 is 1.79 bits per heavy atom. The fraction of sp³-hybridized carbons (Fsp3) is 0.486. The van der Waals surface area contributed by atoms with Crippen molar-refractivity contribution < 1.29 is 29.0 Å². The third-order valence-electron chi connectivity index (χ3n) is 9.86. The predicted octanol–water partition coefficient (Wildman–Crippen LogP) is 5.84. The molecule has 1 aliphatic carbocycles. The number of halogens is 2. The van der Waals surface area contributed by atoms with E-state index in [0.29, 0.717) is 60.7 Å². The fourth-order valence-electron chi connectivity index (χ4n) is 7.29. The van der Waals surface area contributed by atoms with Crippen molar-refractivity contribution in [2.24, 2.45) is 5.92 Å². The number of carbonyl (C=O) groups is 4. The van der Waals surface area contributed by atoms with Crippen molar-refractivity contribution in [1.29, 1.82) is 0 Å². The van der Waals surface area contributed by atoms with Crippen molar-refractivity contribution in [3.05, 3.63) is 63.0 Å². The first kappa shape index (κ1) is 34.6. The summed E-state index contributed by atoms with van der Waals surface area (Å²) in [5, 5.41) is 18.5. The molecule has 3 aliphatic rings. The summed E-state index contributed by atoms with van der Waals surface area (Å²) in [5.41, 5.74) is 1.48. The molecular formula is C35H40Cl2N4O6S. The minimum atomic E-state index is -0.753. The lowest BCUT2D eigenvalue weighted by Gasteiger charge is -2.30. The fourth-order valence-corrected chi connectivity index (χ4v) is 8.70. The molecule has 3 atom stereocenters. The van der Waals surface area contributed by atoms with Gasteiger partial charge in [0.25, 0.3) is 5.91 Å². The number of aliphatic carboxylic acids is 1. The molecule has 1 saturated carbocycles. The Labute approximate surface area is 293 Å². The summed E-state index contributed by atoms with van der Waals surface area (Å²) in [7, 11) is 0. The van der Waals surface area contributed by atoms with Crippen molar-refractivity contribution in [2.45, 2.75) is 76.1 Å². The number of thiophene rings is 1. The quantitative estimate of drug-likeness (QED) is 0.241. The lowest BCUT2D eigenvalue weighted by atomic mass is 9.87. The van der Waals surface area contributed by atoms with E-state index in [1.807, 2.05) is 34.5 Å². The number of carboxylic acid groups (broad SMARTS) is 1. The van der Waals surface area contributed by atoms with Crippen LogP contribution < -0.4 is 10.6 Å². The monoisotopic (exact) mass is 714 g/mol. The topological polar surface area (TPSA) is 128 Å². The Morgan fingerprint density at radius 3 is 2.54 bits per heavy atom. The molecule has 48 heavy (non-hydrogen) atoms. The Kier molecular flexibility index (Phi) is 10.9. The maximum atomic E-state index is 13.9. The van der Waals surface area contributed by atoms with Gasteiger partial charge in [0.2, 0.25) is 11.8 Å². The molecule has 0 radical (unpaired) electrons. The highest BCUT2D eigenvalue weighted by Crippen LogP contribution is 2.34. The third-order valence-corrected chi connectivity index (χ3v) is 11.5. The highest BCUT2D eigenvalue weighted by atomic mass is 35.5. The number of rotatable bonds is 10. The van der Waals surface area contributed by atoms with E-state index in [1.54, 1.807) is 12.1 Å². The van der Waals surface area contributed by atoms with Gasteiger partial charge in [-0.3, -0.25) is 24.1 Å². The van der Waals surface area contributed by atoms with E-state index < -0.39 is 5.97 Å². The average molecular weight is 716 g/mol. The molecule has 10 nitrogen and oxygen atoms in total. The SMILES string of the molecule is CC(=O)N[C@H]1CCN([C@H]2C[C@@H](COC3CCC(C(=O)O)CC3)N(C(=O)Cc3cc(Cl)c(NC(=O)c4csc5ccccc45)cc3Cl)C2)C1. The molecule has 3 N–H and O–H groups in total.